The molecule has 68 valence electrons. The Hall–Kier alpha value is 0.820. The van der Waals surface area contributed by atoms with Crippen LogP contribution >= 0.6 is 17.1 Å². The van der Waals surface area contributed by atoms with Gasteiger partial charge in [0.05, 0.1) is 0 Å². The number of hydrogen-bond donors (Lipinski definition) is 1. The molecule has 0 saturated heterocycles. The Morgan fingerprint density at radius 2 is 2.18 bits per heavy atom. The van der Waals surface area contributed by atoms with Crippen molar-refractivity contribution >= 4 is 28.9 Å². The van der Waals surface area contributed by atoms with E-state index in [-0.39, 0.29) is 0 Å². The summed E-state index contributed by atoms with van der Waals surface area (Å²) in [7, 11) is 0. The third-order valence-electron chi connectivity index (χ3n) is 1.04. The van der Waals surface area contributed by atoms with Crippen LogP contribution in [0.2, 0.25) is 0 Å². The number of halogens is 1. The maximum absolute atomic E-state index is 8.97. The van der Waals surface area contributed by atoms with Crippen LogP contribution in [0.1, 0.15) is 20.3 Å². The third-order valence-corrected chi connectivity index (χ3v) is 1.86. The minimum absolute atomic E-state index is 0.680. The van der Waals surface area contributed by atoms with Gasteiger partial charge in [-0.1, -0.05) is 13.8 Å². The zero-order valence-electron chi connectivity index (χ0n) is 6.66. The number of nitrogens with zero attached hydrogens (tertiary/aromatic N) is 1. The second kappa shape index (κ2) is 5.46. The van der Waals surface area contributed by atoms with Crippen LogP contribution in [0, 0.1) is 0 Å². The summed E-state index contributed by atoms with van der Waals surface area (Å²) < 4.78 is 4.91. The van der Waals surface area contributed by atoms with Gasteiger partial charge in [-0.05, 0) is 29.5 Å². The van der Waals surface area contributed by atoms with Crippen molar-refractivity contribution in [2.75, 3.05) is 13.1 Å². The van der Waals surface area contributed by atoms with Crippen LogP contribution in [-0.2, 0) is 16.4 Å². The zero-order chi connectivity index (χ0) is 8.91. The van der Waals surface area contributed by atoms with E-state index in [9.17, 15) is 0 Å². The van der Waals surface area contributed by atoms with Crippen molar-refractivity contribution in [1.29, 1.82) is 0 Å². The maximum atomic E-state index is 8.97. The summed E-state index contributed by atoms with van der Waals surface area (Å²) >= 11 is 9.87. The van der Waals surface area contributed by atoms with Gasteiger partial charge < -0.3 is 4.89 Å². The molecule has 0 aromatic rings. The molecule has 0 aromatic heterocycles. The van der Waals surface area contributed by atoms with Gasteiger partial charge in [-0.25, -0.2) is 4.62 Å². The Morgan fingerprint density at radius 3 is 2.45 bits per heavy atom. The second-order valence-electron chi connectivity index (χ2n) is 2.05. The van der Waals surface area contributed by atoms with Gasteiger partial charge in [0, 0.05) is 13.1 Å². The third kappa shape index (κ3) is 7.19. The molecule has 0 aromatic carbocycles. The fraction of sp³-hybridized carbons (Fsp3) is 1.00. The van der Waals surface area contributed by atoms with Gasteiger partial charge in [0.1, 0.15) is 0 Å². The van der Waals surface area contributed by atoms with Crippen LogP contribution in [0.25, 0.3) is 0 Å². The molecule has 0 bridgehead atoms. The van der Waals surface area contributed by atoms with Gasteiger partial charge in [0.25, 0.3) is 5.84 Å². The molecule has 0 spiro atoms. The van der Waals surface area contributed by atoms with Gasteiger partial charge in [-0.2, -0.15) is 5.06 Å². The molecule has 0 saturated carbocycles. The molecule has 6 heteroatoms. The van der Waals surface area contributed by atoms with Crippen molar-refractivity contribution in [3.63, 3.8) is 0 Å². The zero-order valence-corrected chi connectivity index (χ0v) is 9.12. The lowest BCUT2D eigenvalue weighted by Gasteiger charge is -2.20. The van der Waals surface area contributed by atoms with Crippen molar-refractivity contribution in [2.45, 2.75) is 20.3 Å². The molecule has 1 atom stereocenters. The van der Waals surface area contributed by atoms with Crippen LogP contribution in [0.3, 0.4) is 0 Å². The van der Waals surface area contributed by atoms with Crippen LogP contribution in [0.15, 0.2) is 0 Å². The van der Waals surface area contributed by atoms with E-state index in [1.54, 1.807) is 5.06 Å². The average Bonchev–Trinajstić information content (AvgIpc) is 1.84. The Balaban J connectivity index is 3.78. The summed E-state index contributed by atoms with van der Waals surface area (Å²) in [6.07, 6.45) is 0.945. The van der Waals surface area contributed by atoms with Gasteiger partial charge in [-0.3, -0.25) is 0 Å². The maximum Gasteiger partial charge on any atom is 0.296 e. The Kier molecular flexibility index (Phi) is 5.87. The van der Waals surface area contributed by atoms with Gasteiger partial charge in [-0.15, -0.1) is 0 Å². The minimum atomic E-state index is -3.04. The lowest BCUT2D eigenvalue weighted by atomic mass is 10.5. The van der Waals surface area contributed by atoms with E-state index in [1.165, 1.54) is 0 Å². The predicted molar refractivity (Wildman–Crippen MR) is 51.0 cm³/mol. The van der Waals surface area contributed by atoms with Crippen molar-refractivity contribution in [2.24, 2.45) is 0 Å². The lowest BCUT2D eigenvalue weighted by Crippen LogP contribution is -2.22. The topological polar surface area (TPSA) is 32.7 Å². The molecule has 11 heavy (non-hydrogen) atoms. The summed E-state index contributed by atoms with van der Waals surface area (Å²) in [4.78, 5) is 8.97. The lowest BCUT2D eigenvalue weighted by molar-refractivity contribution is -0.0487. The first-order chi connectivity index (χ1) is 4.99. The summed E-state index contributed by atoms with van der Waals surface area (Å²) in [6.45, 7) is 5.35. The highest BCUT2D eigenvalue weighted by Crippen LogP contribution is 2.48. The van der Waals surface area contributed by atoms with Gasteiger partial charge in [0.2, 0.25) is 0 Å². The van der Waals surface area contributed by atoms with E-state index in [2.05, 4.69) is 11.8 Å². The molecule has 0 aliphatic carbocycles. The SMILES string of the molecule is CCCN(CC)OP(O)(=S)Cl. The van der Waals surface area contributed by atoms with E-state index >= 15 is 0 Å². The predicted octanol–water partition coefficient (Wildman–Crippen LogP) is 2.11. The summed E-state index contributed by atoms with van der Waals surface area (Å²) in [5.41, 5.74) is 0. The van der Waals surface area contributed by atoms with Gasteiger partial charge in [0.15, 0.2) is 0 Å². The van der Waals surface area contributed by atoms with E-state index < -0.39 is 5.84 Å². The Bertz CT molecular complexity index is 151. The number of rotatable bonds is 5. The smallest absolute Gasteiger partial charge is 0.296 e. The molecule has 0 heterocycles. The Morgan fingerprint density at radius 1 is 1.64 bits per heavy atom. The summed E-state index contributed by atoms with van der Waals surface area (Å²) in [6, 6.07) is 0. The van der Waals surface area contributed by atoms with Gasteiger partial charge >= 0.3 is 0 Å². The van der Waals surface area contributed by atoms with Crippen molar-refractivity contribution in [3.8, 4) is 0 Å². The fourth-order valence-electron chi connectivity index (χ4n) is 0.648. The molecule has 0 radical (unpaired) electrons. The summed E-state index contributed by atoms with van der Waals surface area (Å²) in [5.74, 6) is -3.04. The number of hydroxylamine groups is 2. The first kappa shape index (κ1) is 11.8. The van der Waals surface area contributed by atoms with Crippen molar-refractivity contribution in [1.82, 2.24) is 5.06 Å². The first-order valence-corrected chi connectivity index (χ1v) is 7.04. The van der Waals surface area contributed by atoms with Crippen LogP contribution in [-0.4, -0.2) is 23.0 Å². The number of hydrogen-bond acceptors (Lipinski definition) is 3. The fourth-order valence-corrected chi connectivity index (χ4v) is 1.68. The molecule has 0 aliphatic rings. The van der Waals surface area contributed by atoms with Crippen molar-refractivity contribution < 1.29 is 9.52 Å². The van der Waals surface area contributed by atoms with Crippen LogP contribution in [0.4, 0.5) is 0 Å². The average molecular weight is 218 g/mol. The molecule has 0 fully saturated rings. The van der Waals surface area contributed by atoms with E-state index in [1.807, 2.05) is 13.8 Å². The quantitative estimate of drug-likeness (QED) is 0.565. The molecule has 0 rings (SSSR count). The second-order valence-corrected chi connectivity index (χ2v) is 6.58. The minimum Gasteiger partial charge on any atom is -0.333 e. The highest BCUT2D eigenvalue weighted by Gasteiger charge is 2.13. The normalized spacial score (nSPS) is 16.8. The Labute approximate surface area is 77.2 Å². The molecule has 0 aliphatic heterocycles. The molecule has 1 N–H and O–H groups in total. The first-order valence-electron chi connectivity index (χ1n) is 3.46. The standard InChI is InChI=1S/C5H13ClNO2PS/c1-3-5-7(4-2)9-10(6,8)11/h3-5H2,1-2H3,(H,8,11). The van der Waals surface area contributed by atoms with Crippen LogP contribution < -0.4 is 0 Å². The van der Waals surface area contributed by atoms with E-state index in [0.717, 1.165) is 13.0 Å². The largest absolute Gasteiger partial charge is 0.333 e. The summed E-state index contributed by atoms with van der Waals surface area (Å²) in [5, 5.41) is 1.58. The molecule has 3 nitrogen and oxygen atoms in total. The monoisotopic (exact) mass is 217 g/mol. The van der Waals surface area contributed by atoms with E-state index in [4.69, 9.17) is 20.8 Å². The molecule has 0 amide bonds. The molecular formula is C5H13ClNO2PS. The van der Waals surface area contributed by atoms with Crippen molar-refractivity contribution in [3.05, 3.63) is 0 Å². The van der Waals surface area contributed by atoms with E-state index in [0.29, 0.717) is 6.54 Å². The highest BCUT2D eigenvalue weighted by molar-refractivity contribution is 8.21. The molecule has 1 unspecified atom stereocenters. The highest BCUT2D eigenvalue weighted by atomic mass is 35.7. The molecular weight excluding hydrogens is 205 g/mol. The van der Waals surface area contributed by atoms with Crippen LogP contribution in [0.5, 0.6) is 0 Å².